The fraction of sp³-hybridized carbons (Fsp3) is 0.654. The molecule has 7 nitrogen and oxygen atoms in total. The molecule has 2 heterocycles. The lowest BCUT2D eigenvalue weighted by Gasteiger charge is -2.32. The van der Waals surface area contributed by atoms with Crippen molar-refractivity contribution in [3.63, 3.8) is 0 Å². The molecule has 1 aromatic carbocycles. The number of rotatable bonds is 2. The molecule has 2 aliphatic rings. The van der Waals surface area contributed by atoms with E-state index in [2.05, 4.69) is 5.32 Å². The molecule has 0 aliphatic carbocycles. The summed E-state index contributed by atoms with van der Waals surface area (Å²) >= 11 is 0. The molecule has 0 spiro atoms. The van der Waals surface area contributed by atoms with Gasteiger partial charge in [0.15, 0.2) is 0 Å². The molecule has 2 fully saturated rings. The number of hydrogen-bond acceptors (Lipinski definition) is 4. The van der Waals surface area contributed by atoms with E-state index in [4.69, 9.17) is 0 Å². The van der Waals surface area contributed by atoms with Crippen molar-refractivity contribution < 1.29 is 19.5 Å². The topological polar surface area (TPSA) is 89.9 Å². The summed E-state index contributed by atoms with van der Waals surface area (Å²) in [6, 6.07) is 8.45. The second-order valence-electron chi connectivity index (χ2n) is 10.1. The number of likely N-dealkylation sites (N-methyl/N-ethyl adjacent to an activating group) is 1. The Kier molecular flexibility index (Phi) is 8.51. The molecule has 182 valence electrons. The molecule has 0 bridgehead atoms. The van der Waals surface area contributed by atoms with E-state index in [1.54, 1.807) is 16.8 Å². The number of hydrogen-bond donors (Lipinski definition) is 2. The van der Waals surface area contributed by atoms with Crippen LogP contribution in [0.2, 0.25) is 0 Å². The van der Waals surface area contributed by atoms with Crippen LogP contribution in [-0.4, -0.2) is 70.4 Å². The highest BCUT2D eigenvalue weighted by atomic mass is 16.3. The molecule has 2 aliphatic heterocycles. The fourth-order valence-electron chi connectivity index (χ4n) is 4.96. The quantitative estimate of drug-likeness (QED) is 0.714. The third kappa shape index (κ3) is 6.79. The van der Waals surface area contributed by atoms with Gasteiger partial charge < -0.3 is 20.2 Å². The van der Waals surface area contributed by atoms with E-state index >= 15 is 0 Å². The maximum atomic E-state index is 13.6. The lowest BCUT2D eigenvalue weighted by Crippen LogP contribution is -2.55. The molecule has 0 radical (unpaired) electrons. The molecule has 3 amide bonds. The van der Waals surface area contributed by atoms with E-state index in [-0.39, 0.29) is 23.6 Å². The fourth-order valence-corrected chi connectivity index (χ4v) is 4.96. The lowest BCUT2D eigenvalue weighted by molar-refractivity contribution is -0.145. The van der Waals surface area contributed by atoms with Gasteiger partial charge in [-0.05, 0) is 57.4 Å². The standard InChI is InChI=1S/C26H39N3O4/c1-19-10-7-14-26(2,33)15-9-16-28(3)25(32)22-13-8-17-29(22)24(31)21(27-23(19)30)18-20-11-5-4-6-12-20/h4-6,11-12,19,21-22,33H,7-10,13-18H2,1-3H3,(H,27,30)/t19?,21-,22-,26-/m0/s1. The van der Waals surface area contributed by atoms with Gasteiger partial charge in [0.25, 0.3) is 0 Å². The van der Waals surface area contributed by atoms with Gasteiger partial charge in [0, 0.05) is 32.5 Å². The van der Waals surface area contributed by atoms with Crippen LogP contribution in [0, 0.1) is 5.92 Å². The summed E-state index contributed by atoms with van der Waals surface area (Å²) in [6.45, 7) is 4.77. The average Bonchev–Trinajstić information content (AvgIpc) is 3.27. The first kappa shape index (κ1) is 25.2. The number of nitrogens with zero attached hydrogens (tertiary/aromatic N) is 2. The molecule has 4 atom stereocenters. The van der Waals surface area contributed by atoms with Gasteiger partial charge >= 0.3 is 0 Å². The Morgan fingerprint density at radius 2 is 1.70 bits per heavy atom. The van der Waals surface area contributed by atoms with Crippen LogP contribution in [0.15, 0.2) is 30.3 Å². The summed E-state index contributed by atoms with van der Waals surface area (Å²) in [4.78, 5) is 43.2. The van der Waals surface area contributed by atoms with Crippen molar-refractivity contribution in [1.29, 1.82) is 0 Å². The highest BCUT2D eigenvalue weighted by Gasteiger charge is 2.39. The van der Waals surface area contributed by atoms with Crippen LogP contribution in [-0.2, 0) is 20.8 Å². The zero-order valence-corrected chi connectivity index (χ0v) is 20.3. The van der Waals surface area contributed by atoms with Crippen molar-refractivity contribution in [2.75, 3.05) is 20.1 Å². The molecule has 2 N–H and O–H groups in total. The molecule has 1 aromatic rings. The minimum absolute atomic E-state index is 0.0641. The van der Waals surface area contributed by atoms with Gasteiger partial charge in [-0.1, -0.05) is 37.3 Å². The third-order valence-corrected chi connectivity index (χ3v) is 7.10. The summed E-state index contributed by atoms with van der Waals surface area (Å²) in [6.07, 6.45) is 5.06. The largest absolute Gasteiger partial charge is 0.390 e. The number of nitrogens with one attached hydrogen (secondary N) is 1. The minimum Gasteiger partial charge on any atom is -0.390 e. The molecule has 1 unspecified atom stereocenters. The zero-order valence-electron chi connectivity index (χ0n) is 20.3. The molecule has 3 rings (SSSR count). The molecule has 2 saturated heterocycles. The number of benzene rings is 1. The second kappa shape index (κ2) is 11.1. The Morgan fingerprint density at radius 1 is 1.00 bits per heavy atom. The van der Waals surface area contributed by atoms with Gasteiger partial charge in [0.05, 0.1) is 5.60 Å². The van der Waals surface area contributed by atoms with E-state index in [1.165, 1.54) is 0 Å². The van der Waals surface area contributed by atoms with Crippen molar-refractivity contribution in [2.45, 2.75) is 82.9 Å². The number of carbonyl (C=O) groups is 3. The van der Waals surface area contributed by atoms with E-state index in [1.807, 2.05) is 44.2 Å². The van der Waals surface area contributed by atoms with E-state index in [9.17, 15) is 19.5 Å². The maximum Gasteiger partial charge on any atom is 0.246 e. The third-order valence-electron chi connectivity index (χ3n) is 7.10. The SMILES string of the molecule is CC1CCC[C@](C)(O)CCCN(C)C(=O)[C@@H]2CCCN2C(=O)[C@H](Cc2ccccc2)NC1=O. The maximum absolute atomic E-state index is 13.6. The Hall–Kier alpha value is -2.41. The van der Waals surface area contributed by atoms with Crippen molar-refractivity contribution in [1.82, 2.24) is 15.1 Å². The normalized spacial score (nSPS) is 30.8. The minimum atomic E-state index is -0.817. The number of aliphatic hydroxyl groups is 1. The predicted octanol–water partition coefficient (Wildman–Crippen LogP) is 2.51. The molecular formula is C26H39N3O4. The summed E-state index contributed by atoms with van der Waals surface area (Å²) in [5.41, 5.74) is 0.149. The zero-order chi connectivity index (χ0) is 24.0. The first-order valence-electron chi connectivity index (χ1n) is 12.3. The van der Waals surface area contributed by atoms with Gasteiger partial charge in [-0.3, -0.25) is 14.4 Å². The number of carbonyl (C=O) groups excluding carboxylic acids is 3. The van der Waals surface area contributed by atoms with E-state index in [0.29, 0.717) is 51.6 Å². The van der Waals surface area contributed by atoms with Crippen molar-refractivity contribution in [3.05, 3.63) is 35.9 Å². The highest BCUT2D eigenvalue weighted by Crippen LogP contribution is 2.24. The van der Waals surface area contributed by atoms with E-state index < -0.39 is 17.7 Å². The molecule has 7 heteroatoms. The van der Waals surface area contributed by atoms with Crippen molar-refractivity contribution in [2.24, 2.45) is 5.92 Å². The highest BCUT2D eigenvalue weighted by molar-refractivity contribution is 5.93. The monoisotopic (exact) mass is 457 g/mol. The Balaban J connectivity index is 1.85. The van der Waals surface area contributed by atoms with Gasteiger partial charge in [0.1, 0.15) is 12.1 Å². The van der Waals surface area contributed by atoms with Crippen LogP contribution in [0.3, 0.4) is 0 Å². The molecule has 33 heavy (non-hydrogen) atoms. The smallest absolute Gasteiger partial charge is 0.246 e. The van der Waals surface area contributed by atoms with Crippen molar-refractivity contribution >= 4 is 17.7 Å². The molecular weight excluding hydrogens is 418 g/mol. The summed E-state index contributed by atoms with van der Waals surface area (Å²) in [7, 11) is 1.77. The van der Waals surface area contributed by atoms with Crippen LogP contribution in [0.4, 0.5) is 0 Å². The Morgan fingerprint density at radius 3 is 2.42 bits per heavy atom. The Bertz CT molecular complexity index is 826. The average molecular weight is 458 g/mol. The number of amides is 3. The van der Waals surface area contributed by atoms with Gasteiger partial charge in [0.2, 0.25) is 17.7 Å². The predicted molar refractivity (Wildman–Crippen MR) is 127 cm³/mol. The summed E-state index contributed by atoms with van der Waals surface area (Å²) in [5, 5.41) is 13.7. The molecule has 0 aromatic heterocycles. The van der Waals surface area contributed by atoms with Gasteiger partial charge in [-0.2, -0.15) is 0 Å². The van der Waals surface area contributed by atoms with Gasteiger partial charge in [-0.25, -0.2) is 0 Å². The van der Waals surface area contributed by atoms with Crippen LogP contribution < -0.4 is 5.32 Å². The van der Waals surface area contributed by atoms with Gasteiger partial charge in [-0.15, -0.1) is 0 Å². The van der Waals surface area contributed by atoms with Crippen LogP contribution >= 0.6 is 0 Å². The number of fused-ring (bicyclic) bond motifs is 1. The van der Waals surface area contributed by atoms with E-state index in [0.717, 1.165) is 18.4 Å². The molecule has 0 saturated carbocycles. The summed E-state index contributed by atoms with van der Waals surface area (Å²) in [5.74, 6) is -0.665. The van der Waals surface area contributed by atoms with Crippen LogP contribution in [0.25, 0.3) is 0 Å². The lowest BCUT2D eigenvalue weighted by atomic mass is 9.91. The van der Waals surface area contributed by atoms with Crippen molar-refractivity contribution in [3.8, 4) is 0 Å². The first-order valence-corrected chi connectivity index (χ1v) is 12.3. The first-order chi connectivity index (χ1) is 15.7. The van der Waals surface area contributed by atoms with Crippen LogP contribution in [0.1, 0.15) is 64.4 Å². The Labute approximate surface area is 197 Å². The van der Waals surface area contributed by atoms with Crippen LogP contribution in [0.5, 0.6) is 0 Å². The summed E-state index contributed by atoms with van der Waals surface area (Å²) < 4.78 is 0. The second-order valence-corrected chi connectivity index (χ2v) is 10.1.